The van der Waals surface area contributed by atoms with E-state index in [9.17, 15) is 13.2 Å². The van der Waals surface area contributed by atoms with Crippen molar-refractivity contribution in [2.75, 3.05) is 6.61 Å². The number of carbonyl (C=O) groups is 1. The Kier molecular flexibility index (Phi) is 4.26. The van der Waals surface area contributed by atoms with Crippen molar-refractivity contribution < 1.29 is 17.9 Å². The van der Waals surface area contributed by atoms with Crippen LogP contribution in [0, 0.1) is 0 Å². The minimum atomic E-state index is -3.40. The zero-order chi connectivity index (χ0) is 16.4. The number of carbonyl (C=O) groups excluding carboxylic acids is 1. The van der Waals surface area contributed by atoms with Gasteiger partial charge in [-0.25, -0.2) is 13.2 Å². The second-order valence-corrected chi connectivity index (χ2v) is 7.84. The molecule has 1 aromatic carbocycles. The number of aromatic amines is 1. The predicted molar refractivity (Wildman–Crippen MR) is 86.2 cm³/mol. The topological polar surface area (TPSA) is 76.2 Å². The molecule has 1 heterocycles. The average Bonchev–Trinajstić information content (AvgIpc) is 2.99. The normalized spacial score (nSPS) is 17.5. The average molecular weight is 333 g/mol. The second-order valence-electron chi connectivity index (χ2n) is 5.61. The van der Waals surface area contributed by atoms with Crippen LogP contribution in [0.3, 0.4) is 0 Å². The van der Waals surface area contributed by atoms with E-state index in [2.05, 4.69) is 4.98 Å². The van der Waals surface area contributed by atoms with Crippen LogP contribution in [-0.2, 0) is 27.4 Å². The maximum atomic E-state index is 12.8. The molecule has 1 unspecified atom stereocenters. The Bertz CT molecular complexity index is 808. The largest absolute Gasteiger partial charge is 0.461 e. The number of aromatic nitrogens is 1. The number of rotatable bonds is 4. The SMILES string of the molecule is CCOC(=O)c1[nH]cc2c1CC(S(=O)(=O)c1ccccc1)CC2. The molecule has 0 radical (unpaired) electrons. The molecule has 1 N–H and O–H groups in total. The zero-order valence-corrected chi connectivity index (χ0v) is 13.7. The molecule has 2 aromatic rings. The summed E-state index contributed by atoms with van der Waals surface area (Å²) >= 11 is 0. The van der Waals surface area contributed by atoms with Crippen molar-refractivity contribution in [1.82, 2.24) is 4.98 Å². The number of benzene rings is 1. The van der Waals surface area contributed by atoms with Gasteiger partial charge in [0.1, 0.15) is 5.69 Å². The van der Waals surface area contributed by atoms with Gasteiger partial charge in [-0.2, -0.15) is 0 Å². The summed E-state index contributed by atoms with van der Waals surface area (Å²) < 4.78 is 30.6. The van der Waals surface area contributed by atoms with Crippen LogP contribution in [0.1, 0.15) is 35.0 Å². The van der Waals surface area contributed by atoms with E-state index in [-0.39, 0.29) is 0 Å². The molecule has 1 aliphatic carbocycles. The summed E-state index contributed by atoms with van der Waals surface area (Å²) in [4.78, 5) is 15.3. The summed E-state index contributed by atoms with van der Waals surface area (Å²) in [5, 5.41) is -0.513. The molecule has 3 rings (SSSR count). The van der Waals surface area contributed by atoms with Gasteiger partial charge in [0.15, 0.2) is 9.84 Å². The Morgan fingerprint density at radius 1 is 1.30 bits per heavy atom. The first-order chi connectivity index (χ1) is 11.0. The predicted octanol–water partition coefficient (Wildman–Crippen LogP) is 2.52. The Hall–Kier alpha value is -2.08. The quantitative estimate of drug-likeness (QED) is 0.872. The highest BCUT2D eigenvalue weighted by atomic mass is 32.2. The van der Waals surface area contributed by atoms with Crippen molar-refractivity contribution in [1.29, 1.82) is 0 Å². The van der Waals surface area contributed by atoms with Crippen LogP contribution in [0.5, 0.6) is 0 Å². The monoisotopic (exact) mass is 333 g/mol. The van der Waals surface area contributed by atoms with Crippen molar-refractivity contribution >= 4 is 15.8 Å². The van der Waals surface area contributed by atoms with Crippen LogP contribution < -0.4 is 0 Å². The molecule has 1 aliphatic rings. The van der Waals surface area contributed by atoms with Gasteiger partial charge in [0, 0.05) is 6.20 Å². The number of fused-ring (bicyclic) bond motifs is 1. The zero-order valence-electron chi connectivity index (χ0n) is 12.9. The molecule has 0 saturated carbocycles. The first-order valence-corrected chi connectivity index (χ1v) is 9.24. The molecule has 0 bridgehead atoms. The molecule has 23 heavy (non-hydrogen) atoms. The maximum absolute atomic E-state index is 12.8. The van der Waals surface area contributed by atoms with Crippen LogP contribution in [-0.4, -0.2) is 31.2 Å². The number of aryl methyl sites for hydroxylation is 1. The Morgan fingerprint density at radius 3 is 2.74 bits per heavy atom. The van der Waals surface area contributed by atoms with E-state index < -0.39 is 21.1 Å². The standard InChI is InChI=1S/C17H19NO4S/c1-2-22-17(19)16-15-10-14(9-8-12(15)11-18-16)23(20,21)13-6-4-3-5-7-13/h3-7,11,14,18H,2,8-10H2,1H3. The molecule has 0 fully saturated rings. The molecule has 122 valence electrons. The highest BCUT2D eigenvalue weighted by Gasteiger charge is 2.34. The number of esters is 1. The molecule has 1 atom stereocenters. The number of hydrogen-bond donors (Lipinski definition) is 1. The van der Waals surface area contributed by atoms with Gasteiger partial charge in [-0.3, -0.25) is 0 Å². The summed E-state index contributed by atoms with van der Waals surface area (Å²) in [7, 11) is -3.40. The van der Waals surface area contributed by atoms with Crippen LogP contribution in [0.2, 0.25) is 0 Å². The molecule has 1 aromatic heterocycles. The molecule has 0 spiro atoms. The van der Waals surface area contributed by atoms with Gasteiger partial charge in [0.25, 0.3) is 0 Å². The fourth-order valence-electron chi connectivity index (χ4n) is 3.05. The lowest BCUT2D eigenvalue weighted by Crippen LogP contribution is -2.29. The van der Waals surface area contributed by atoms with E-state index >= 15 is 0 Å². The third-order valence-electron chi connectivity index (χ3n) is 4.24. The number of ether oxygens (including phenoxy) is 1. The molecular formula is C17H19NO4S. The van der Waals surface area contributed by atoms with Gasteiger partial charge in [0.2, 0.25) is 0 Å². The molecule has 0 aliphatic heterocycles. The van der Waals surface area contributed by atoms with Crippen molar-refractivity contribution in [2.45, 2.75) is 36.3 Å². The van der Waals surface area contributed by atoms with Crippen molar-refractivity contribution in [2.24, 2.45) is 0 Å². The van der Waals surface area contributed by atoms with E-state index in [4.69, 9.17) is 4.74 Å². The molecular weight excluding hydrogens is 314 g/mol. The lowest BCUT2D eigenvalue weighted by atomic mass is 9.93. The number of H-pyrrole nitrogens is 1. The number of hydrogen-bond acceptors (Lipinski definition) is 4. The highest BCUT2D eigenvalue weighted by Crippen LogP contribution is 2.31. The molecule has 5 nitrogen and oxygen atoms in total. The van der Waals surface area contributed by atoms with Crippen LogP contribution in [0.25, 0.3) is 0 Å². The van der Waals surface area contributed by atoms with E-state index in [1.54, 1.807) is 43.5 Å². The maximum Gasteiger partial charge on any atom is 0.355 e. The summed E-state index contributed by atoms with van der Waals surface area (Å²) in [6.07, 6.45) is 3.32. The fraction of sp³-hybridized carbons (Fsp3) is 0.353. The smallest absolute Gasteiger partial charge is 0.355 e. The summed E-state index contributed by atoms with van der Waals surface area (Å²) in [5.74, 6) is -0.425. The van der Waals surface area contributed by atoms with Crippen LogP contribution in [0.4, 0.5) is 0 Å². The van der Waals surface area contributed by atoms with E-state index in [0.717, 1.165) is 11.1 Å². The third-order valence-corrected chi connectivity index (χ3v) is 6.45. The summed E-state index contributed by atoms with van der Waals surface area (Å²) in [6.45, 7) is 2.04. The molecule has 0 amide bonds. The van der Waals surface area contributed by atoms with E-state index in [1.807, 2.05) is 0 Å². The minimum Gasteiger partial charge on any atom is -0.461 e. The van der Waals surface area contributed by atoms with E-state index in [0.29, 0.717) is 36.5 Å². The fourth-order valence-corrected chi connectivity index (χ4v) is 4.79. The van der Waals surface area contributed by atoms with Gasteiger partial charge in [0.05, 0.1) is 16.8 Å². The van der Waals surface area contributed by atoms with Gasteiger partial charge in [-0.05, 0) is 49.4 Å². The third kappa shape index (κ3) is 2.91. The van der Waals surface area contributed by atoms with Crippen molar-refractivity contribution in [3.8, 4) is 0 Å². The van der Waals surface area contributed by atoms with Crippen LogP contribution >= 0.6 is 0 Å². The Balaban J connectivity index is 1.91. The van der Waals surface area contributed by atoms with Crippen molar-refractivity contribution in [3.05, 3.63) is 53.3 Å². The van der Waals surface area contributed by atoms with Crippen molar-refractivity contribution in [3.63, 3.8) is 0 Å². The second kappa shape index (κ2) is 6.20. The lowest BCUT2D eigenvalue weighted by Gasteiger charge is -2.23. The Morgan fingerprint density at radius 2 is 2.04 bits per heavy atom. The summed E-state index contributed by atoms with van der Waals surface area (Å²) in [5.41, 5.74) is 2.17. The van der Waals surface area contributed by atoms with Gasteiger partial charge < -0.3 is 9.72 Å². The van der Waals surface area contributed by atoms with E-state index in [1.165, 1.54) is 0 Å². The highest BCUT2D eigenvalue weighted by molar-refractivity contribution is 7.92. The van der Waals surface area contributed by atoms with Gasteiger partial charge in [-0.15, -0.1) is 0 Å². The first kappa shape index (κ1) is 15.8. The number of nitrogens with one attached hydrogen (secondary N) is 1. The first-order valence-electron chi connectivity index (χ1n) is 7.69. The molecule has 6 heteroatoms. The van der Waals surface area contributed by atoms with Gasteiger partial charge >= 0.3 is 5.97 Å². The molecule has 0 saturated heterocycles. The summed E-state index contributed by atoms with van der Waals surface area (Å²) in [6, 6.07) is 8.48. The number of sulfone groups is 1. The Labute approximate surface area is 135 Å². The van der Waals surface area contributed by atoms with Crippen LogP contribution in [0.15, 0.2) is 41.4 Å². The lowest BCUT2D eigenvalue weighted by molar-refractivity contribution is 0.0518. The minimum absolute atomic E-state index is 0.290. The van der Waals surface area contributed by atoms with Gasteiger partial charge in [-0.1, -0.05) is 18.2 Å².